The van der Waals surface area contributed by atoms with Crippen molar-refractivity contribution in [1.29, 1.82) is 0 Å². The fourth-order valence-corrected chi connectivity index (χ4v) is 1.64. The number of amides is 1. The van der Waals surface area contributed by atoms with Crippen molar-refractivity contribution in [3.05, 3.63) is 46.7 Å². The summed E-state index contributed by atoms with van der Waals surface area (Å²) >= 11 is 10.8. The number of nitrogens with one attached hydrogen (secondary N) is 2. The van der Waals surface area contributed by atoms with Gasteiger partial charge in [-0.05, 0) is 12.1 Å². The average Bonchev–Trinajstić information content (AvgIpc) is 2.85. The number of aromatic amines is 1. The van der Waals surface area contributed by atoms with Gasteiger partial charge >= 0.3 is 0 Å². The minimum atomic E-state index is -0.314. The first-order chi connectivity index (χ1) is 8.58. The maximum atomic E-state index is 11.8. The molecule has 2 aromatic rings. The molecule has 7 heteroatoms. The van der Waals surface area contributed by atoms with E-state index >= 15 is 0 Å². The van der Waals surface area contributed by atoms with E-state index in [1.54, 1.807) is 18.2 Å². The molecule has 18 heavy (non-hydrogen) atoms. The van der Waals surface area contributed by atoms with E-state index in [0.717, 1.165) is 0 Å². The minimum Gasteiger partial charge on any atom is -0.389 e. The lowest BCUT2D eigenvalue weighted by Gasteiger charge is -2.08. The Balaban J connectivity index is 2.26. The average molecular weight is 281 g/mol. The second kappa shape index (κ2) is 5.16. The Morgan fingerprint density at radius 1 is 1.44 bits per heavy atom. The largest absolute Gasteiger partial charge is 0.389 e. The van der Waals surface area contributed by atoms with Crippen molar-refractivity contribution in [3.63, 3.8) is 0 Å². The normalized spacial score (nSPS) is 10.1. The van der Waals surface area contributed by atoms with Crippen molar-refractivity contribution in [3.8, 4) is 0 Å². The zero-order valence-electron chi connectivity index (χ0n) is 9.11. The molecule has 0 saturated carbocycles. The van der Waals surface area contributed by atoms with E-state index in [9.17, 15) is 4.79 Å². The van der Waals surface area contributed by atoms with Crippen LogP contribution < -0.4 is 11.1 Å². The lowest BCUT2D eigenvalue weighted by molar-refractivity contribution is 0.102. The summed E-state index contributed by atoms with van der Waals surface area (Å²) in [5, 5.41) is 9.32. The predicted octanol–water partition coefficient (Wildman–Crippen LogP) is 1.95. The van der Waals surface area contributed by atoms with Crippen LogP contribution in [0.15, 0.2) is 30.6 Å². The Morgan fingerprint density at radius 3 is 2.83 bits per heavy atom. The number of carbonyl (C=O) groups is 1. The van der Waals surface area contributed by atoms with E-state index in [1.807, 2.05) is 0 Å². The van der Waals surface area contributed by atoms with Gasteiger partial charge in [0.05, 0.1) is 22.5 Å². The molecule has 0 aliphatic heterocycles. The minimum absolute atomic E-state index is 0.241. The van der Waals surface area contributed by atoms with Crippen molar-refractivity contribution in [2.24, 2.45) is 5.73 Å². The van der Waals surface area contributed by atoms with Crippen LogP contribution in [0.5, 0.6) is 0 Å². The second-order valence-corrected chi connectivity index (χ2v) is 4.35. The molecule has 92 valence electrons. The van der Waals surface area contributed by atoms with Crippen LogP contribution >= 0.6 is 23.8 Å². The third-order valence-corrected chi connectivity index (χ3v) is 2.82. The summed E-state index contributed by atoms with van der Waals surface area (Å²) in [5.41, 5.74) is 7.02. The van der Waals surface area contributed by atoms with E-state index in [1.165, 1.54) is 12.4 Å². The number of hydrogen-bond donors (Lipinski definition) is 3. The van der Waals surface area contributed by atoms with Crippen LogP contribution in [0.1, 0.15) is 15.9 Å². The standard InChI is InChI=1S/C11H9ClN4OS/c12-8-2-1-6(10(13)18)3-9(8)16-11(17)7-4-14-15-5-7/h1-5H,(H2,13,18)(H,14,15)(H,16,17). The Bertz CT molecular complexity index is 597. The molecule has 0 unspecified atom stereocenters. The van der Waals surface area contributed by atoms with Crippen LogP contribution in [-0.4, -0.2) is 21.1 Å². The number of nitrogens with two attached hydrogens (primary N) is 1. The van der Waals surface area contributed by atoms with Crippen LogP contribution in [0.25, 0.3) is 0 Å². The van der Waals surface area contributed by atoms with Crippen molar-refractivity contribution >= 4 is 40.4 Å². The molecule has 1 amide bonds. The number of H-pyrrole nitrogens is 1. The van der Waals surface area contributed by atoms with Crippen molar-refractivity contribution in [2.45, 2.75) is 0 Å². The van der Waals surface area contributed by atoms with Crippen molar-refractivity contribution in [1.82, 2.24) is 10.2 Å². The first-order valence-corrected chi connectivity index (χ1v) is 5.76. The highest BCUT2D eigenvalue weighted by molar-refractivity contribution is 7.80. The summed E-state index contributed by atoms with van der Waals surface area (Å²) in [6.07, 6.45) is 2.90. The quantitative estimate of drug-likeness (QED) is 0.751. The summed E-state index contributed by atoms with van der Waals surface area (Å²) in [6, 6.07) is 4.95. The fraction of sp³-hybridized carbons (Fsp3) is 0. The fourth-order valence-electron chi connectivity index (χ4n) is 1.34. The molecule has 4 N–H and O–H groups in total. The van der Waals surface area contributed by atoms with Crippen LogP contribution in [0.3, 0.4) is 0 Å². The summed E-state index contributed by atoms with van der Waals surface area (Å²) < 4.78 is 0. The Hall–Kier alpha value is -1.92. The number of carbonyl (C=O) groups excluding carboxylic acids is 1. The van der Waals surface area contributed by atoms with Gasteiger partial charge in [0.25, 0.3) is 5.91 Å². The highest BCUT2D eigenvalue weighted by Crippen LogP contribution is 2.23. The van der Waals surface area contributed by atoms with Gasteiger partial charge in [0.1, 0.15) is 4.99 Å². The summed E-state index contributed by atoms with van der Waals surface area (Å²) in [7, 11) is 0. The molecular formula is C11H9ClN4OS. The highest BCUT2D eigenvalue weighted by Gasteiger charge is 2.10. The number of benzene rings is 1. The molecule has 0 aliphatic carbocycles. The number of nitrogens with zero attached hydrogens (tertiary/aromatic N) is 1. The molecule has 1 heterocycles. The number of halogens is 1. The Kier molecular flexibility index (Phi) is 3.59. The molecule has 0 radical (unpaired) electrons. The molecule has 2 rings (SSSR count). The Morgan fingerprint density at radius 2 is 2.22 bits per heavy atom. The van der Waals surface area contributed by atoms with Gasteiger partial charge < -0.3 is 11.1 Å². The molecule has 0 fully saturated rings. The van der Waals surface area contributed by atoms with Gasteiger partial charge in [-0.25, -0.2) is 0 Å². The van der Waals surface area contributed by atoms with E-state index in [-0.39, 0.29) is 10.9 Å². The number of anilines is 1. The molecule has 1 aromatic heterocycles. The maximum Gasteiger partial charge on any atom is 0.258 e. The van der Waals surface area contributed by atoms with Gasteiger partial charge in [0, 0.05) is 11.8 Å². The topological polar surface area (TPSA) is 83.8 Å². The second-order valence-electron chi connectivity index (χ2n) is 3.50. The van der Waals surface area contributed by atoms with Gasteiger partial charge in [-0.15, -0.1) is 0 Å². The molecule has 0 atom stereocenters. The van der Waals surface area contributed by atoms with Gasteiger partial charge in [0.15, 0.2) is 0 Å². The van der Waals surface area contributed by atoms with Crippen molar-refractivity contribution in [2.75, 3.05) is 5.32 Å². The Labute approximate surface area is 113 Å². The smallest absolute Gasteiger partial charge is 0.258 e. The van der Waals surface area contributed by atoms with E-state index in [4.69, 9.17) is 29.6 Å². The molecule has 1 aromatic carbocycles. The summed E-state index contributed by atoms with van der Waals surface area (Å²) in [5.74, 6) is -0.314. The summed E-state index contributed by atoms with van der Waals surface area (Å²) in [6.45, 7) is 0. The number of hydrogen-bond acceptors (Lipinski definition) is 3. The zero-order valence-corrected chi connectivity index (χ0v) is 10.7. The van der Waals surface area contributed by atoms with Crippen LogP contribution in [0, 0.1) is 0 Å². The molecule has 0 spiro atoms. The van der Waals surface area contributed by atoms with E-state index in [2.05, 4.69) is 15.5 Å². The molecule has 0 saturated heterocycles. The molecule has 0 aliphatic rings. The monoisotopic (exact) mass is 280 g/mol. The molecule has 5 nitrogen and oxygen atoms in total. The lowest BCUT2D eigenvalue weighted by atomic mass is 10.2. The van der Waals surface area contributed by atoms with Crippen LogP contribution in [-0.2, 0) is 0 Å². The summed E-state index contributed by atoms with van der Waals surface area (Å²) in [4.78, 5) is 12.1. The third-order valence-electron chi connectivity index (χ3n) is 2.26. The lowest BCUT2D eigenvalue weighted by Crippen LogP contribution is -2.13. The van der Waals surface area contributed by atoms with Gasteiger partial charge in [-0.2, -0.15) is 5.10 Å². The highest BCUT2D eigenvalue weighted by atomic mass is 35.5. The number of aromatic nitrogens is 2. The van der Waals surface area contributed by atoms with Crippen LogP contribution in [0.4, 0.5) is 5.69 Å². The van der Waals surface area contributed by atoms with Gasteiger partial charge in [-0.3, -0.25) is 9.89 Å². The van der Waals surface area contributed by atoms with Crippen molar-refractivity contribution < 1.29 is 4.79 Å². The molecular weight excluding hydrogens is 272 g/mol. The first kappa shape index (κ1) is 12.5. The maximum absolute atomic E-state index is 11.8. The van der Waals surface area contributed by atoms with E-state index < -0.39 is 0 Å². The molecule has 0 bridgehead atoms. The predicted molar refractivity (Wildman–Crippen MR) is 73.9 cm³/mol. The first-order valence-electron chi connectivity index (χ1n) is 4.97. The third kappa shape index (κ3) is 2.66. The van der Waals surface area contributed by atoms with Gasteiger partial charge in [-0.1, -0.05) is 29.9 Å². The number of rotatable bonds is 3. The van der Waals surface area contributed by atoms with Gasteiger partial charge in [0.2, 0.25) is 0 Å². The van der Waals surface area contributed by atoms with Crippen LogP contribution in [0.2, 0.25) is 5.02 Å². The SMILES string of the molecule is NC(=S)c1ccc(Cl)c(NC(=O)c2cn[nH]c2)c1. The number of thiocarbonyl (C=S) groups is 1. The van der Waals surface area contributed by atoms with E-state index in [0.29, 0.717) is 21.8 Å². The zero-order chi connectivity index (χ0) is 13.1.